The topological polar surface area (TPSA) is 63.3 Å². The van der Waals surface area contributed by atoms with Gasteiger partial charge in [-0.25, -0.2) is 9.18 Å². The van der Waals surface area contributed by atoms with E-state index in [-0.39, 0.29) is 27.6 Å². The van der Waals surface area contributed by atoms with E-state index in [0.717, 1.165) is 6.07 Å². The Kier molecular flexibility index (Phi) is 3.56. The van der Waals surface area contributed by atoms with E-state index in [0.29, 0.717) is 0 Å². The van der Waals surface area contributed by atoms with Crippen molar-refractivity contribution < 1.29 is 18.8 Å². The number of carboxylic acid groups (broad SMARTS) is 1. The fraction of sp³-hybridized carbons (Fsp3) is 0.286. The van der Waals surface area contributed by atoms with E-state index in [1.165, 1.54) is 12.1 Å². The zero-order chi connectivity index (χ0) is 15.1. The minimum atomic E-state index is -1.21. The van der Waals surface area contributed by atoms with Gasteiger partial charge >= 0.3 is 5.97 Å². The average Bonchev–Trinajstić information content (AvgIpc) is 2.72. The summed E-state index contributed by atoms with van der Waals surface area (Å²) >= 11 is 5.68. The molecule has 2 aromatic rings. The van der Waals surface area contributed by atoms with Crippen molar-refractivity contribution in [2.45, 2.75) is 26.2 Å². The molecule has 0 bridgehead atoms. The lowest BCUT2D eigenvalue weighted by Gasteiger charge is -2.14. The third kappa shape index (κ3) is 2.54. The van der Waals surface area contributed by atoms with Crippen molar-refractivity contribution in [1.82, 2.24) is 5.16 Å². The van der Waals surface area contributed by atoms with Crippen molar-refractivity contribution >= 4 is 17.6 Å². The van der Waals surface area contributed by atoms with Crippen LogP contribution in [-0.2, 0) is 5.41 Å². The maximum absolute atomic E-state index is 13.9. The molecule has 2 rings (SSSR count). The van der Waals surface area contributed by atoms with Crippen molar-refractivity contribution in [3.8, 4) is 11.3 Å². The highest BCUT2D eigenvalue weighted by Crippen LogP contribution is 2.34. The maximum Gasteiger partial charge on any atom is 0.341 e. The van der Waals surface area contributed by atoms with Crippen LogP contribution in [0, 0.1) is 5.82 Å². The summed E-state index contributed by atoms with van der Waals surface area (Å²) in [6, 6.07) is 3.96. The predicted molar refractivity (Wildman–Crippen MR) is 72.6 cm³/mol. The zero-order valence-electron chi connectivity index (χ0n) is 11.2. The molecule has 1 aromatic heterocycles. The number of aromatic nitrogens is 1. The Morgan fingerprint density at radius 2 is 2.05 bits per heavy atom. The molecule has 0 saturated heterocycles. The molecular weight excluding hydrogens is 285 g/mol. The van der Waals surface area contributed by atoms with Gasteiger partial charge in [0.05, 0.1) is 0 Å². The number of carbonyl (C=O) groups is 1. The van der Waals surface area contributed by atoms with Crippen LogP contribution in [0.1, 0.15) is 36.9 Å². The Bertz CT molecular complexity index is 674. The van der Waals surface area contributed by atoms with Gasteiger partial charge < -0.3 is 9.63 Å². The van der Waals surface area contributed by atoms with Gasteiger partial charge in [-0.1, -0.05) is 37.5 Å². The highest BCUT2D eigenvalue weighted by molar-refractivity contribution is 6.30. The number of hydrogen-bond acceptors (Lipinski definition) is 3. The van der Waals surface area contributed by atoms with Gasteiger partial charge in [0, 0.05) is 16.0 Å². The lowest BCUT2D eigenvalue weighted by Crippen LogP contribution is -2.15. The summed E-state index contributed by atoms with van der Waals surface area (Å²) in [6.07, 6.45) is 0. The van der Waals surface area contributed by atoms with Gasteiger partial charge in [0.2, 0.25) is 0 Å². The molecule has 4 nitrogen and oxygen atoms in total. The van der Waals surface area contributed by atoms with E-state index in [4.69, 9.17) is 16.1 Å². The molecule has 6 heteroatoms. The van der Waals surface area contributed by atoms with Crippen LogP contribution in [0.5, 0.6) is 0 Å². The first kappa shape index (κ1) is 14.5. The highest BCUT2D eigenvalue weighted by Gasteiger charge is 2.32. The van der Waals surface area contributed by atoms with Crippen molar-refractivity contribution in [3.63, 3.8) is 0 Å². The summed E-state index contributed by atoms with van der Waals surface area (Å²) in [5.74, 6) is -1.65. The molecule has 0 fully saturated rings. The first-order valence-corrected chi connectivity index (χ1v) is 6.28. The molecular formula is C14H13ClFNO3. The smallest absolute Gasteiger partial charge is 0.341 e. The average molecular weight is 298 g/mol. The molecule has 0 amide bonds. The Labute approximate surface area is 120 Å². The van der Waals surface area contributed by atoms with Crippen LogP contribution < -0.4 is 0 Å². The number of benzene rings is 1. The fourth-order valence-corrected chi connectivity index (χ4v) is 2.02. The summed E-state index contributed by atoms with van der Waals surface area (Å²) in [6.45, 7) is 5.38. The fourth-order valence-electron chi connectivity index (χ4n) is 1.87. The summed E-state index contributed by atoms with van der Waals surface area (Å²) in [7, 11) is 0. The second-order valence-electron chi connectivity index (χ2n) is 5.41. The first-order valence-electron chi connectivity index (χ1n) is 5.90. The molecule has 0 radical (unpaired) electrons. The molecule has 0 saturated carbocycles. The second-order valence-corrected chi connectivity index (χ2v) is 5.85. The van der Waals surface area contributed by atoms with Gasteiger partial charge in [0.25, 0.3) is 0 Å². The number of halogens is 2. The van der Waals surface area contributed by atoms with Crippen LogP contribution in [0.3, 0.4) is 0 Å². The van der Waals surface area contributed by atoms with Crippen LogP contribution in [0.4, 0.5) is 4.39 Å². The minimum Gasteiger partial charge on any atom is -0.477 e. The van der Waals surface area contributed by atoms with E-state index in [1.54, 1.807) is 20.8 Å². The number of nitrogens with zero attached hydrogens (tertiary/aromatic N) is 1. The molecule has 106 valence electrons. The van der Waals surface area contributed by atoms with E-state index in [2.05, 4.69) is 5.16 Å². The number of hydrogen-bond donors (Lipinski definition) is 1. The maximum atomic E-state index is 13.9. The molecule has 0 atom stereocenters. The molecule has 0 aliphatic heterocycles. The van der Waals surface area contributed by atoms with Crippen LogP contribution in [0.15, 0.2) is 22.7 Å². The molecule has 0 unspecified atom stereocenters. The van der Waals surface area contributed by atoms with Crippen molar-refractivity contribution in [3.05, 3.63) is 40.4 Å². The zero-order valence-corrected chi connectivity index (χ0v) is 12.0. The standard InChI is InChI=1S/C14H13ClFNO3/c1-14(2,3)12-10(13(18)19)11(17-20-12)8-5-4-7(15)6-9(8)16/h4-6H,1-3H3,(H,18,19). The van der Waals surface area contributed by atoms with Gasteiger partial charge in [-0.05, 0) is 18.2 Å². The van der Waals surface area contributed by atoms with Crippen LogP contribution in [0.25, 0.3) is 11.3 Å². The number of aromatic carboxylic acids is 1. The molecule has 1 heterocycles. The van der Waals surface area contributed by atoms with Gasteiger partial charge in [0.1, 0.15) is 17.1 Å². The second kappa shape index (κ2) is 4.90. The summed E-state index contributed by atoms with van der Waals surface area (Å²) in [5.41, 5.74) is -0.664. The lowest BCUT2D eigenvalue weighted by molar-refractivity contribution is 0.0693. The van der Waals surface area contributed by atoms with E-state index >= 15 is 0 Å². The quantitative estimate of drug-likeness (QED) is 0.905. The normalized spacial score (nSPS) is 11.7. The molecule has 1 N–H and O–H groups in total. The molecule has 0 spiro atoms. The van der Waals surface area contributed by atoms with Crippen LogP contribution >= 0.6 is 11.6 Å². The molecule has 1 aromatic carbocycles. The van der Waals surface area contributed by atoms with E-state index in [1.807, 2.05) is 0 Å². The highest BCUT2D eigenvalue weighted by atomic mass is 35.5. The van der Waals surface area contributed by atoms with Crippen molar-refractivity contribution in [2.75, 3.05) is 0 Å². The van der Waals surface area contributed by atoms with Gasteiger partial charge in [-0.3, -0.25) is 0 Å². The molecule has 0 aliphatic carbocycles. The lowest BCUT2D eigenvalue weighted by atomic mass is 9.89. The third-order valence-electron chi connectivity index (χ3n) is 2.77. The van der Waals surface area contributed by atoms with E-state index < -0.39 is 17.2 Å². The number of rotatable bonds is 2. The Morgan fingerprint density at radius 3 is 2.55 bits per heavy atom. The monoisotopic (exact) mass is 297 g/mol. The summed E-state index contributed by atoms with van der Waals surface area (Å²) < 4.78 is 19.1. The van der Waals surface area contributed by atoms with Crippen molar-refractivity contribution in [2.24, 2.45) is 0 Å². The summed E-state index contributed by atoms with van der Waals surface area (Å²) in [5, 5.41) is 13.3. The van der Waals surface area contributed by atoms with Crippen LogP contribution in [0.2, 0.25) is 5.02 Å². The number of carboxylic acids is 1. The molecule has 0 aliphatic rings. The van der Waals surface area contributed by atoms with Gasteiger partial charge in [-0.2, -0.15) is 0 Å². The predicted octanol–water partition coefficient (Wildman–Crippen LogP) is 4.13. The van der Waals surface area contributed by atoms with Gasteiger partial charge in [-0.15, -0.1) is 0 Å². The van der Waals surface area contributed by atoms with Crippen molar-refractivity contribution in [1.29, 1.82) is 0 Å². The Morgan fingerprint density at radius 1 is 1.40 bits per heavy atom. The van der Waals surface area contributed by atoms with Gasteiger partial charge in [0.15, 0.2) is 5.76 Å². The molecule has 20 heavy (non-hydrogen) atoms. The SMILES string of the molecule is CC(C)(C)c1onc(-c2ccc(Cl)cc2F)c1C(=O)O. The van der Waals surface area contributed by atoms with Crippen LogP contribution in [-0.4, -0.2) is 16.2 Å². The van der Waals surface area contributed by atoms with E-state index in [9.17, 15) is 14.3 Å². The Hall–Kier alpha value is -1.88. The minimum absolute atomic E-state index is 0.0309. The largest absolute Gasteiger partial charge is 0.477 e. The first-order chi connectivity index (χ1) is 9.21. The Balaban J connectivity index is 2.69. The summed E-state index contributed by atoms with van der Waals surface area (Å²) in [4.78, 5) is 11.5. The third-order valence-corrected chi connectivity index (χ3v) is 3.01.